The maximum absolute atomic E-state index is 11.0. The van der Waals surface area contributed by atoms with E-state index in [1.165, 1.54) is 0 Å². The van der Waals surface area contributed by atoms with Crippen molar-refractivity contribution in [2.75, 3.05) is 13.1 Å². The van der Waals surface area contributed by atoms with Gasteiger partial charge in [-0.1, -0.05) is 152 Å². The summed E-state index contributed by atoms with van der Waals surface area (Å²) in [5.74, 6) is 2.84. The highest BCUT2D eigenvalue weighted by molar-refractivity contribution is 5.80. The van der Waals surface area contributed by atoms with Crippen molar-refractivity contribution in [3.05, 3.63) is 0 Å². The minimum atomic E-state index is 0. The van der Waals surface area contributed by atoms with Gasteiger partial charge in [0.05, 0.1) is 0 Å². The summed E-state index contributed by atoms with van der Waals surface area (Å²) in [6.45, 7) is 19.4. The largest absolute Gasteiger partial charge is 0.316 e. The fourth-order valence-electron chi connectivity index (χ4n) is 1.38. The molecule has 0 aromatic rings. The van der Waals surface area contributed by atoms with Crippen LogP contribution in [0.2, 0.25) is 0 Å². The van der Waals surface area contributed by atoms with Crippen molar-refractivity contribution >= 4 is 5.78 Å². The molecule has 2 nitrogen and oxygen atoms in total. The molecule has 0 rings (SSSR count). The summed E-state index contributed by atoms with van der Waals surface area (Å²) in [6.07, 6.45) is 1.80. The van der Waals surface area contributed by atoms with E-state index in [4.69, 9.17) is 0 Å². The first-order valence-corrected chi connectivity index (χ1v) is 7.90. The molecule has 0 radical (unpaired) electrons. The highest BCUT2D eigenvalue weighted by Crippen LogP contribution is 2.07. The van der Waals surface area contributed by atoms with Crippen molar-refractivity contribution in [1.29, 1.82) is 0 Å². The molecule has 0 aliphatic heterocycles. The first kappa shape index (κ1) is 107. The second-order valence-corrected chi connectivity index (χ2v) is 7.00. The Morgan fingerprint density at radius 1 is 0.500 bits per heavy atom. The van der Waals surface area contributed by atoms with Crippen LogP contribution in [0.4, 0.5) is 0 Å². The van der Waals surface area contributed by atoms with Crippen molar-refractivity contribution in [3.63, 3.8) is 0 Å². The lowest BCUT2D eigenvalue weighted by Crippen LogP contribution is -2.23. The van der Waals surface area contributed by atoms with Gasteiger partial charge < -0.3 is 5.32 Å². The summed E-state index contributed by atoms with van der Waals surface area (Å²) in [4.78, 5) is 11.0. The average Bonchev–Trinajstić information content (AvgIpc) is 2.25. The van der Waals surface area contributed by atoms with Crippen molar-refractivity contribution in [2.45, 2.75) is 165 Å². The Hall–Kier alpha value is -0.370. The predicted octanol–water partition coefficient (Wildman–Crippen LogP) is 12.8. The summed E-state index contributed by atoms with van der Waals surface area (Å²) in [6, 6.07) is 0. The highest BCUT2D eigenvalue weighted by atomic mass is 16.1. The lowest BCUT2D eigenvalue weighted by Gasteiger charge is -2.08. The lowest BCUT2D eigenvalue weighted by atomic mass is 10.00. The molecule has 0 bridgehead atoms. The minimum Gasteiger partial charge on any atom is -0.316 e. The van der Waals surface area contributed by atoms with Gasteiger partial charge in [0.25, 0.3) is 0 Å². The quantitative estimate of drug-likeness (QED) is 0.375. The summed E-state index contributed by atoms with van der Waals surface area (Å²) in [5, 5.41) is 3.38. The fraction of sp³-hybridized carbons (Fsp3) is 0.967. The topological polar surface area (TPSA) is 29.1 Å². The van der Waals surface area contributed by atoms with Gasteiger partial charge in [0, 0.05) is 12.3 Å². The molecule has 0 aliphatic rings. The Kier molecular flexibility index (Phi) is 234. The Morgan fingerprint density at radius 3 is 0.906 bits per heavy atom. The van der Waals surface area contributed by atoms with E-state index >= 15 is 0 Å². The molecule has 0 aromatic carbocycles. The van der Waals surface area contributed by atoms with E-state index in [1.807, 2.05) is 13.8 Å². The van der Waals surface area contributed by atoms with E-state index in [2.05, 4.69) is 46.9 Å². The van der Waals surface area contributed by atoms with Gasteiger partial charge in [-0.15, -0.1) is 0 Å². The molecule has 0 atom stereocenters. The van der Waals surface area contributed by atoms with Crippen LogP contribution in [0.15, 0.2) is 0 Å². The molecule has 1 N–H and O–H groups in total. The molecule has 0 saturated heterocycles. The zero-order valence-electron chi connectivity index (χ0n) is 14.5. The third-order valence-electron chi connectivity index (χ3n) is 2.72. The summed E-state index contributed by atoms with van der Waals surface area (Å²) in [7, 11) is 0. The van der Waals surface area contributed by atoms with Crippen LogP contribution in [-0.4, -0.2) is 18.9 Å². The van der Waals surface area contributed by atoms with Crippen LogP contribution in [0.25, 0.3) is 0 Å². The molecule has 0 saturated carbocycles. The van der Waals surface area contributed by atoms with Gasteiger partial charge in [0.1, 0.15) is 5.78 Å². The second-order valence-electron chi connectivity index (χ2n) is 7.00. The Balaban J connectivity index is -0.00000000990. The summed E-state index contributed by atoms with van der Waals surface area (Å²) < 4.78 is 0. The van der Waals surface area contributed by atoms with Crippen LogP contribution in [0.5, 0.6) is 0 Å². The molecule has 0 fully saturated rings. The zero-order chi connectivity index (χ0) is 15.4. The molecular weight excluding hydrogens is 390 g/mol. The first-order valence-electron chi connectivity index (χ1n) is 7.90. The third-order valence-corrected chi connectivity index (χ3v) is 2.72. The highest BCUT2D eigenvalue weighted by Gasteiger charge is 2.06. The summed E-state index contributed by atoms with van der Waals surface area (Å²) in [5.41, 5.74) is 0. The molecule has 0 unspecified atom stereocenters. The standard InChI is InChI=1S/C9H18O.C8H19N.13CH4/c1-7(2)5-6-9(10)8(3)4;1-7(2)5-9-6-8(3)4;;;;;;;;;;;;;/h7-8H,5-6H2,1-4H3;7-9H,5-6H2,1-4H3;13*1H4. The number of rotatable bonds is 8. The van der Waals surface area contributed by atoms with Gasteiger partial charge in [-0.3, -0.25) is 4.79 Å². The van der Waals surface area contributed by atoms with Crippen LogP contribution >= 0.6 is 0 Å². The van der Waals surface area contributed by atoms with E-state index < -0.39 is 0 Å². The molecule has 220 valence electrons. The molecule has 0 aromatic heterocycles. The average molecular weight is 480 g/mol. The number of Topliss-reactive ketones (excluding diaryl/α,β-unsaturated/α-hetero) is 1. The smallest absolute Gasteiger partial charge is 0.135 e. The number of carbonyl (C=O) groups excluding carboxylic acids is 1. The molecular formula is C30H89NO. The Labute approximate surface area is 217 Å². The SMILES string of the molecule is C.C.C.C.C.C.C.C.C.C.C.C.C.CC(C)CCC(=O)C(C)C.CC(C)CNCC(C)C. The van der Waals surface area contributed by atoms with Crippen LogP contribution < -0.4 is 5.32 Å². The van der Waals surface area contributed by atoms with Crippen LogP contribution in [0.3, 0.4) is 0 Å². The third kappa shape index (κ3) is 113. The Morgan fingerprint density at radius 2 is 0.750 bits per heavy atom. The van der Waals surface area contributed by atoms with E-state index in [9.17, 15) is 4.79 Å². The molecule has 0 spiro atoms. The molecule has 0 amide bonds. The van der Waals surface area contributed by atoms with E-state index in [1.54, 1.807) is 0 Å². The van der Waals surface area contributed by atoms with Crippen LogP contribution in [0, 0.1) is 23.7 Å². The molecule has 32 heavy (non-hydrogen) atoms. The lowest BCUT2D eigenvalue weighted by molar-refractivity contribution is -0.122. The van der Waals surface area contributed by atoms with Gasteiger partial charge in [-0.2, -0.15) is 0 Å². The fourth-order valence-corrected chi connectivity index (χ4v) is 1.38. The van der Waals surface area contributed by atoms with Crippen molar-refractivity contribution in [2.24, 2.45) is 23.7 Å². The van der Waals surface area contributed by atoms with Crippen LogP contribution in [0.1, 0.15) is 165 Å². The number of ketones is 1. The number of carbonyl (C=O) groups is 1. The molecule has 2 heteroatoms. The summed E-state index contributed by atoms with van der Waals surface area (Å²) >= 11 is 0. The van der Waals surface area contributed by atoms with Gasteiger partial charge in [0.2, 0.25) is 0 Å². The predicted molar refractivity (Wildman–Crippen MR) is 174 cm³/mol. The minimum absolute atomic E-state index is 0. The van der Waals surface area contributed by atoms with Crippen molar-refractivity contribution < 1.29 is 4.79 Å². The molecule has 0 aliphatic carbocycles. The number of hydrogen-bond acceptors (Lipinski definition) is 2. The van der Waals surface area contributed by atoms with Crippen molar-refractivity contribution in [1.82, 2.24) is 5.32 Å². The maximum Gasteiger partial charge on any atom is 0.135 e. The zero-order valence-corrected chi connectivity index (χ0v) is 14.5. The van der Waals surface area contributed by atoms with Crippen LogP contribution in [-0.2, 0) is 4.79 Å². The van der Waals surface area contributed by atoms with Gasteiger partial charge >= 0.3 is 0 Å². The number of nitrogens with one attached hydrogen (secondary N) is 1. The van der Waals surface area contributed by atoms with E-state index in [0.717, 1.165) is 37.8 Å². The van der Waals surface area contributed by atoms with Gasteiger partial charge in [0.15, 0.2) is 0 Å². The van der Waals surface area contributed by atoms with E-state index in [-0.39, 0.29) is 102 Å². The van der Waals surface area contributed by atoms with Gasteiger partial charge in [-0.05, 0) is 37.3 Å². The monoisotopic (exact) mass is 480 g/mol. The van der Waals surface area contributed by atoms with E-state index in [0.29, 0.717) is 11.7 Å². The molecule has 0 heterocycles. The van der Waals surface area contributed by atoms with Crippen molar-refractivity contribution in [3.8, 4) is 0 Å². The van der Waals surface area contributed by atoms with Gasteiger partial charge in [-0.25, -0.2) is 0 Å². The number of hydrogen-bond donors (Lipinski definition) is 1. The second kappa shape index (κ2) is 69.8. The Bertz CT molecular complexity index is 201. The maximum atomic E-state index is 11.0. The first-order chi connectivity index (χ1) is 8.66. The normalized spacial score (nSPS) is 6.62.